The summed E-state index contributed by atoms with van der Waals surface area (Å²) in [6, 6.07) is 5.06. The molecule has 0 aromatic heterocycles. The molecule has 2 N–H and O–H groups in total. The number of aromatic hydroxyl groups is 1. The topological polar surface area (TPSA) is 41.5 Å². The van der Waals surface area contributed by atoms with E-state index in [-0.39, 0.29) is 11.4 Å². The summed E-state index contributed by atoms with van der Waals surface area (Å²) in [5, 5.41) is 9.57. The molecule has 1 rings (SSSR count). The summed E-state index contributed by atoms with van der Waals surface area (Å²) >= 11 is 5.76. The first kappa shape index (κ1) is 12.3. The summed E-state index contributed by atoms with van der Waals surface area (Å²) in [5.41, 5.74) is 3.59. The van der Waals surface area contributed by atoms with Gasteiger partial charge in [-0.1, -0.05) is 17.7 Å². The number of phenolic OH excluding ortho intramolecular Hbond substituents is 1. The summed E-state index contributed by atoms with van der Waals surface area (Å²) in [7, 11) is 0. The normalized spacial score (nSPS) is 11.7. The van der Waals surface area contributed by atoms with E-state index in [2.05, 4.69) is 5.48 Å². The van der Waals surface area contributed by atoms with Gasteiger partial charge in [-0.05, 0) is 38.5 Å². The second-order valence-electron chi connectivity index (χ2n) is 4.32. The van der Waals surface area contributed by atoms with Crippen molar-refractivity contribution in [2.24, 2.45) is 0 Å². The van der Waals surface area contributed by atoms with E-state index < -0.39 is 0 Å². The van der Waals surface area contributed by atoms with Crippen molar-refractivity contribution in [3.63, 3.8) is 0 Å². The summed E-state index contributed by atoms with van der Waals surface area (Å²) in [4.78, 5) is 5.35. The van der Waals surface area contributed by atoms with Crippen LogP contribution >= 0.6 is 11.6 Å². The Bertz CT molecular complexity index is 334. The number of hydrogen-bond donors (Lipinski definition) is 2. The van der Waals surface area contributed by atoms with Crippen LogP contribution in [0.1, 0.15) is 26.3 Å². The molecule has 0 saturated heterocycles. The first-order valence-corrected chi connectivity index (χ1v) is 5.14. The Balaban J connectivity index is 2.48. The number of phenols is 1. The average molecular weight is 230 g/mol. The second-order valence-corrected chi connectivity index (χ2v) is 4.73. The number of rotatable bonds is 3. The Morgan fingerprint density at radius 2 is 2.07 bits per heavy atom. The Morgan fingerprint density at radius 3 is 2.60 bits per heavy atom. The van der Waals surface area contributed by atoms with Crippen LogP contribution in [-0.2, 0) is 11.4 Å². The van der Waals surface area contributed by atoms with E-state index in [1.807, 2.05) is 20.8 Å². The maximum Gasteiger partial charge on any atom is 0.134 e. The third-order valence-electron chi connectivity index (χ3n) is 1.67. The highest BCUT2D eigenvalue weighted by Gasteiger charge is 2.09. The van der Waals surface area contributed by atoms with Gasteiger partial charge in [-0.2, -0.15) is 5.48 Å². The molecule has 3 nitrogen and oxygen atoms in total. The van der Waals surface area contributed by atoms with Gasteiger partial charge in [0.2, 0.25) is 0 Å². The van der Waals surface area contributed by atoms with E-state index in [1.54, 1.807) is 18.2 Å². The van der Waals surface area contributed by atoms with Crippen LogP contribution in [0.4, 0.5) is 0 Å². The molecule has 0 radical (unpaired) electrons. The summed E-state index contributed by atoms with van der Waals surface area (Å²) in [5.74, 6) is 0.0946. The fourth-order valence-electron chi connectivity index (χ4n) is 0.996. The number of hydrogen-bond acceptors (Lipinski definition) is 3. The van der Waals surface area contributed by atoms with Crippen molar-refractivity contribution < 1.29 is 9.94 Å². The highest BCUT2D eigenvalue weighted by molar-refractivity contribution is 6.32. The quantitative estimate of drug-likeness (QED) is 0.784. The summed E-state index contributed by atoms with van der Waals surface area (Å²) < 4.78 is 0. The van der Waals surface area contributed by atoms with Gasteiger partial charge < -0.3 is 5.11 Å². The lowest BCUT2D eigenvalue weighted by Crippen LogP contribution is -2.28. The smallest absolute Gasteiger partial charge is 0.134 e. The van der Waals surface area contributed by atoms with Crippen molar-refractivity contribution in [1.82, 2.24) is 5.48 Å². The fourth-order valence-corrected chi connectivity index (χ4v) is 1.20. The molecule has 84 valence electrons. The SMILES string of the molecule is CC(C)(C)ONCc1ccc(O)c(Cl)c1. The van der Waals surface area contributed by atoms with Crippen LogP contribution in [0.25, 0.3) is 0 Å². The molecular formula is C11H16ClNO2. The van der Waals surface area contributed by atoms with Crippen LogP contribution in [0.2, 0.25) is 5.02 Å². The van der Waals surface area contributed by atoms with Gasteiger partial charge in [0.25, 0.3) is 0 Å². The largest absolute Gasteiger partial charge is 0.506 e. The second kappa shape index (κ2) is 4.84. The molecule has 0 aliphatic heterocycles. The third-order valence-corrected chi connectivity index (χ3v) is 1.97. The van der Waals surface area contributed by atoms with Crippen molar-refractivity contribution in [3.05, 3.63) is 28.8 Å². The lowest BCUT2D eigenvalue weighted by molar-refractivity contribution is -0.0757. The van der Waals surface area contributed by atoms with Crippen LogP contribution < -0.4 is 5.48 Å². The van der Waals surface area contributed by atoms with Gasteiger partial charge in [0.05, 0.1) is 10.6 Å². The minimum absolute atomic E-state index is 0.0946. The van der Waals surface area contributed by atoms with Gasteiger partial charge in [-0.25, -0.2) is 0 Å². The first-order valence-electron chi connectivity index (χ1n) is 4.77. The van der Waals surface area contributed by atoms with E-state index in [4.69, 9.17) is 16.4 Å². The molecule has 0 fully saturated rings. The van der Waals surface area contributed by atoms with Crippen LogP contribution in [-0.4, -0.2) is 10.7 Å². The lowest BCUT2D eigenvalue weighted by atomic mass is 10.2. The summed E-state index contributed by atoms with van der Waals surface area (Å²) in [6.07, 6.45) is 0. The number of nitrogens with one attached hydrogen (secondary N) is 1. The molecule has 0 aliphatic rings. The van der Waals surface area contributed by atoms with Crippen molar-refractivity contribution in [3.8, 4) is 5.75 Å². The maximum absolute atomic E-state index is 9.21. The van der Waals surface area contributed by atoms with Crippen molar-refractivity contribution in [2.45, 2.75) is 32.9 Å². The molecule has 1 aromatic carbocycles. The summed E-state index contributed by atoms with van der Waals surface area (Å²) in [6.45, 7) is 6.44. The Morgan fingerprint density at radius 1 is 1.40 bits per heavy atom. The van der Waals surface area contributed by atoms with Crippen LogP contribution in [0.3, 0.4) is 0 Å². The van der Waals surface area contributed by atoms with Crippen LogP contribution in [0.15, 0.2) is 18.2 Å². The predicted octanol–water partition coefficient (Wildman–Crippen LogP) is 2.87. The number of benzene rings is 1. The molecule has 4 heteroatoms. The molecule has 0 saturated carbocycles. The van der Waals surface area contributed by atoms with E-state index in [0.29, 0.717) is 11.6 Å². The van der Waals surface area contributed by atoms with Gasteiger partial charge in [0.15, 0.2) is 0 Å². The zero-order valence-electron chi connectivity index (χ0n) is 9.17. The Kier molecular flexibility index (Phi) is 3.97. The molecule has 1 aromatic rings. The van der Waals surface area contributed by atoms with Gasteiger partial charge >= 0.3 is 0 Å². The van der Waals surface area contributed by atoms with Crippen molar-refractivity contribution >= 4 is 11.6 Å². The van der Waals surface area contributed by atoms with E-state index in [1.165, 1.54) is 0 Å². The van der Waals surface area contributed by atoms with Crippen molar-refractivity contribution in [1.29, 1.82) is 0 Å². The highest BCUT2D eigenvalue weighted by Crippen LogP contribution is 2.23. The molecule has 0 spiro atoms. The van der Waals surface area contributed by atoms with E-state index in [0.717, 1.165) is 5.56 Å². The lowest BCUT2D eigenvalue weighted by Gasteiger charge is -2.19. The maximum atomic E-state index is 9.21. The predicted molar refractivity (Wildman–Crippen MR) is 60.8 cm³/mol. The van der Waals surface area contributed by atoms with Gasteiger partial charge in [-0.3, -0.25) is 4.84 Å². The molecule has 0 bridgehead atoms. The zero-order valence-corrected chi connectivity index (χ0v) is 9.93. The molecule has 0 atom stereocenters. The Labute approximate surface area is 95.0 Å². The standard InChI is InChI=1S/C11H16ClNO2/c1-11(2,3)15-13-7-8-4-5-10(14)9(12)6-8/h4-6,13-14H,7H2,1-3H3. The monoisotopic (exact) mass is 229 g/mol. The van der Waals surface area contributed by atoms with Gasteiger partial charge in [-0.15, -0.1) is 0 Å². The molecule has 0 amide bonds. The minimum Gasteiger partial charge on any atom is -0.506 e. The van der Waals surface area contributed by atoms with Gasteiger partial charge in [0.1, 0.15) is 5.75 Å². The molecule has 15 heavy (non-hydrogen) atoms. The van der Waals surface area contributed by atoms with Crippen molar-refractivity contribution in [2.75, 3.05) is 0 Å². The number of halogens is 1. The molecular weight excluding hydrogens is 214 g/mol. The average Bonchev–Trinajstić information content (AvgIpc) is 2.09. The van der Waals surface area contributed by atoms with Gasteiger partial charge in [0, 0.05) is 6.54 Å². The highest BCUT2D eigenvalue weighted by atomic mass is 35.5. The van der Waals surface area contributed by atoms with Crippen LogP contribution in [0.5, 0.6) is 5.75 Å². The minimum atomic E-state index is -0.222. The fraction of sp³-hybridized carbons (Fsp3) is 0.455. The molecule has 0 heterocycles. The first-order chi connectivity index (χ1) is 6.88. The van der Waals surface area contributed by atoms with E-state index >= 15 is 0 Å². The molecule has 0 unspecified atom stereocenters. The zero-order chi connectivity index (χ0) is 11.5. The third kappa shape index (κ3) is 4.51. The van der Waals surface area contributed by atoms with E-state index in [9.17, 15) is 5.11 Å². The Hall–Kier alpha value is -0.770. The van der Waals surface area contributed by atoms with Crippen LogP contribution in [0, 0.1) is 0 Å². The number of hydroxylamine groups is 1. The molecule has 0 aliphatic carbocycles.